The number of carbonyl (C=O) groups is 2. The number of fused-ring (bicyclic) bond motifs is 1. The fourth-order valence-corrected chi connectivity index (χ4v) is 2.16. The van der Waals surface area contributed by atoms with Gasteiger partial charge in [0.1, 0.15) is 0 Å². The van der Waals surface area contributed by atoms with Gasteiger partial charge < -0.3 is 15.0 Å². The molecule has 0 fully saturated rings. The van der Waals surface area contributed by atoms with Crippen molar-refractivity contribution in [3.63, 3.8) is 0 Å². The molecular weight excluding hydrogens is 244 g/mol. The lowest BCUT2D eigenvalue weighted by atomic mass is 10.1. The van der Waals surface area contributed by atoms with E-state index in [0.29, 0.717) is 30.5 Å². The molecular formula is C14H16N2O3. The predicted molar refractivity (Wildman–Crippen MR) is 72.2 cm³/mol. The number of benzene rings is 1. The first-order valence-electron chi connectivity index (χ1n) is 6.15. The first kappa shape index (κ1) is 13.1. The minimum atomic E-state index is -0.933. The van der Waals surface area contributed by atoms with Crippen molar-refractivity contribution in [1.82, 2.24) is 9.88 Å². The normalized spacial score (nSPS) is 10.6. The summed E-state index contributed by atoms with van der Waals surface area (Å²) in [6, 6.07) is 7.11. The van der Waals surface area contributed by atoms with E-state index in [-0.39, 0.29) is 5.91 Å². The molecule has 0 spiro atoms. The van der Waals surface area contributed by atoms with Gasteiger partial charge in [0.25, 0.3) is 0 Å². The number of hydrogen-bond acceptors (Lipinski definition) is 2. The molecule has 19 heavy (non-hydrogen) atoms. The Bertz CT molecular complexity index is 616. The van der Waals surface area contributed by atoms with Crippen LogP contribution in [-0.4, -0.2) is 28.6 Å². The number of aromatic nitrogens is 1. The van der Waals surface area contributed by atoms with Gasteiger partial charge in [0, 0.05) is 31.6 Å². The summed E-state index contributed by atoms with van der Waals surface area (Å²) in [4.78, 5) is 22.4. The minimum Gasteiger partial charge on any atom is -0.478 e. The molecule has 0 aliphatic heterocycles. The molecule has 1 aromatic heterocycles. The number of aromatic carboxylic acids is 1. The molecule has 1 amide bonds. The Morgan fingerprint density at radius 1 is 1.32 bits per heavy atom. The summed E-state index contributed by atoms with van der Waals surface area (Å²) in [6.45, 7) is 0.626. The fourth-order valence-electron chi connectivity index (χ4n) is 2.16. The van der Waals surface area contributed by atoms with Crippen molar-refractivity contribution in [2.24, 2.45) is 0 Å². The first-order valence-corrected chi connectivity index (χ1v) is 6.15. The maximum absolute atomic E-state index is 11.2. The fraction of sp³-hybridized carbons (Fsp3) is 0.286. The molecule has 2 N–H and O–H groups in total. The SMILES string of the molecule is CNC(=O)CCCn1ccc2cccc(C(=O)O)c21. The summed E-state index contributed by atoms with van der Waals surface area (Å²) < 4.78 is 1.89. The summed E-state index contributed by atoms with van der Waals surface area (Å²) in [7, 11) is 1.61. The quantitative estimate of drug-likeness (QED) is 0.862. The van der Waals surface area contributed by atoms with Crippen LogP contribution in [0.1, 0.15) is 23.2 Å². The van der Waals surface area contributed by atoms with Gasteiger partial charge in [0.15, 0.2) is 0 Å². The van der Waals surface area contributed by atoms with E-state index < -0.39 is 5.97 Å². The van der Waals surface area contributed by atoms with Gasteiger partial charge in [-0.15, -0.1) is 0 Å². The lowest BCUT2D eigenvalue weighted by Gasteiger charge is -2.07. The van der Waals surface area contributed by atoms with Crippen LogP contribution in [0, 0.1) is 0 Å². The van der Waals surface area contributed by atoms with E-state index in [2.05, 4.69) is 5.32 Å². The molecule has 2 aromatic rings. The number of amides is 1. The third kappa shape index (κ3) is 2.76. The number of rotatable bonds is 5. The molecule has 1 heterocycles. The molecule has 0 saturated carbocycles. The van der Waals surface area contributed by atoms with Crippen LogP contribution in [0.2, 0.25) is 0 Å². The van der Waals surface area contributed by atoms with Crippen molar-refractivity contribution in [2.45, 2.75) is 19.4 Å². The van der Waals surface area contributed by atoms with Crippen molar-refractivity contribution in [3.05, 3.63) is 36.0 Å². The maximum Gasteiger partial charge on any atom is 0.337 e. The Morgan fingerprint density at radius 3 is 2.79 bits per heavy atom. The molecule has 0 aliphatic rings. The summed E-state index contributed by atoms with van der Waals surface area (Å²) in [5.74, 6) is -0.938. The summed E-state index contributed by atoms with van der Waals surface area (Å²) in [5, 5.41) is 12.7. The van der Waals surface area contributed by atoms with Crippen molar-refractivity contribution in [2.75, 3.05) is 7.05 Å². The number of carboxylic acids is 1. The number of carboxylic acid groups (broad SMARTS) is 1. The number of carbonyl (C=O) groups excluding carboxylic acids is 1. The molecule has 0 aliphatic carbocycles. The van der Waals surface area contributed by atoms with Gasteiger partial charge >= 0.3 is 5.97 Å². The van der Waals surface area contributed by atoms with E-state index in [1.165, 1.54) is 0 Å². The van der Waals surface area contributed by atoms with E-state index in [4.69, 9.17) is 0 Å². The second kappa shape index (κ2) is 5.56. The van der Waals surface area contributed by atoms with Crippen LogP contribution in [-0.2, 0) is 11.3 Å². The summed E-state index contributed by atoms with van der Waals surface area (Å²) >= 11 is 0. The highest BCUT2D eigenvalue weighted by molar-refractivity contribution is 6.02. The second-order valence-corrected chi connectivity index (χ2v) is 4.33. The van der Waals surface area contributed by atoms with Crippen LogP contribution >= 0.6 is 0 Å². The lowest BCUT2D eigenvalue weighted by molar-refractivity contribution is -0.120. The summed E-state index contributed by atoms with van der Waals surface area (Å²) in [6.07, 6.45) is 2.98. The van der Waals surface area contributed by atoms with Gasteiger partial charge in [-0.1, -0.05) is 12.1 Å². The number of para-hydroxylation sites is 1. The van der Waals surface area contributed by atoms with E-state index in [1.807, 2.05) is 22.9 Å². The van der Waals surface area contributed by atoms with Crippen molar-refractivity contribution in [1.29, 1.82) is 0 Å². The van der Waals surface area contributed by atoms with Gasteiger partial charge in [-0.05, 0) is 18.6 Å². The van der Waals surface area contributed by atoms with E-state index in [0.717, 1.165) is 5.39 Å². The van der Waals surface area contributed by atoms with Gasteiger partial charge in [-0.2, -0.15) is 0 Å². The Kier molecular flexibility index (Phi) is 3.85. The molecule has 1 aromatic carbocycles. The monoisotopic (exact) mass is 260 g/mol. The highest BCUT2D eigenvalue weighted by Gasteiger charge is 2.12. The van der Waals surface area contributed by atoms with Crippen LogP contribution in [0.15, 0.2) is 30.5 Å². The third-order valence-electron chi connectivity index (χ3n) is 3.10. The standard InChI is InChI=1S/C14H16N2O3/c1-15-12(17)6-3-8-16-9-7-10-4-2-5-11(13(10)16)14(18)19/h2,4-5,7,9H,3,6,8H2,1H3,(H,15,17)(H,18,19). The molecule has 0 atom stereocenters. The predicted octanol–water partition coefficient (Wildman–Crippen LogP) is 1.87. The Hall–Kier alpha value is -2.30. The smallest absolute Gasteiger partial charge is 0.337 e. The van der Waals surface area contributed by atoms with Crippen molar-refractivity contribution >= 4 is 22.8 Å². The lowest BCUT2D eigenvalue weighted by Crippen LogP contribution is -2.17. The molecule has 2 rings (SSSR count). The van der Waals surface area contributed by atoms with E-state index in [9.17, 15) is 14.7 Å². The van der Waals surface area contributed by atoms with Crippen molar-refractivity contribution in [3.8, 4) is 0 Å². The van der Waals surface area contributed by atoms with Crippen LogP contribution < -0.4 is 5.32 Å². The number of aryl methyl sites for hydroxylation is 1. The molecule has 0 radical (unpaired) electrons. The molecule has 0 bridgehead atoms. The van der Waals surface area contributed by atoms with Crippen LogP contribution in [0.3, 0.4) is 0 Å². The Labute approximate surface area is 110 Å². The Balaban J connectivity index is 2.24. The molecule has 5 nitrogen and oxygen atoms in total. The number of nitrogens with one attached hydrogen (secondary N) is 1. The zero-order valence-corrected chi connectivity index (χ0v) is 10.7. The molecule has 0 saturated heterocycles. The second-order valence-electron chi connectivity index (χ2n) is 4.33. The van der Waals surface area contributed by atoms with Gasteiger partial charge in [-0.25, -0.2) is 4.79 Å². The van der Waals surface area contributed by atoms with E-state index in [1.54, 1.807) is 19.2 Å². The topological polar surface area (TPSA) is 71.3 Å². The van der Waals surface area contributed by atoms with Crippen molar-refractivity contribution < 1.29 is 14.7 Å². The minimum absolute atomic E-state index is 0.00470. The average Bonchev–Trinajstić information content (AvgIpc) is 2.81. The largest absolute Gasteiger partial charge is 0.478 e. The average molecular weight is 260 g/mol. The maximum atomic E-state index is 11.2. The third-order valence-corrected chi connectivity index (χ3v) is 3.10. The number of nitrogens with zero attached hydrogens (tertiary/aromatic N) is 1. The zero-order valence-electron chi connectivity index (χ0n) is 10.7. The summed E-state index contributed by atoms with van der Waals surface area (Å²) in [5.41, 5.74) is 1.01. The molecule has 100 valence electrons. The Morgan fingerprint density at radius 2 is 2.11 bits per heavy atom. The van der Waals surface area contributed by atoms with Gasteiger partial charge in [-0.3, -0.25) is 4.79 Å². The first-order chi connectivity index (χ1) is 9.13. The zero-order chi connectivity index (χ0) is 13.8. The van der Waals surface area contributed by atoms with Crippen LogP contribution in [0.5, 0.6) is 0 Å². The molecule has 0 unspecified atom stereocenters. The highest BCUT2D eigenvalue weighted by atomic mass is 16.4. The molecule has 5 heteroatoms. The van der Waals surface area contributed by atoms with Gasteiger partial charge in [0.2, 0.25) is 5.91 Å². The number of hydrogen-bond donors (Lipinski definition) is 2. The van der Waals surface area contributed by atoms with Gasteiger partial charge in [0.05, 0.1) is 11.1 Å². The van der Waals surface area contributed by atoms with E-state index >= 15 is 0 Å². The van der Waals surface area contributed by atoms with Crippen LogP contribution in [0.25, 0.3) is 10.9 Å². The highest BCUT2D eigenvalue weighted by Crippen LogP contribution is 2.21. The van der Waals surface area contributed by atoms with Crippen LogP contribution in [0.4, 0.5) is 0 Å².